The Morgan fingerprint density at radius 1 is 1.40 bits per heavy atom. The highest BCUT2D eigenvalue weighted by Gasteiger charge is 2.23. The maximum atomic E-state index is 9.70. The second-order valence-corrected chi connectivity index (χ2v) is 5.11. The first kappa shape index (κ1) is 17.2. The standard InChI is InChI=1S/C15H24N2O2.ClH/c1-2-6-19-14-5-3-4-12(7-14)8-16-9-13-10-17-11-15(13)18;/h3-5,7,13,15-18H,2,6,8-11H2,1H3;1H. The zero-order valence-electron chi connectivity index (χ0n) is 12.0. The van der Waals surface area contributed by atoms with Crippen molar-refractivity contribution in [2.45, 2.75) is 26.0 Å². The largest absolute Gasteiger partial charge is 0.494 e. The van der Waals surface area contributed by atoms with E-state index in [9.17, 15) is 5.11 Å². The van der Waals surface area contributed by atoms with Crippen LogP contribution in [0.4, 0.5) is 0 Å². The van der Waals surface area contributed by atoms with Gasteiger partial charge in [0.25, 0.3) is 0 Å². The molecule has 1 aliphatic rings. The lowest BCUT2D eigenvalue weighted by atomic mass is 10.1. The van der Waals surface area contributed by atoms with E-state index in [1.165, 1.54) is 5.56 Å². The van der Waals surface area contributed by atoms with Crippen LogP contribution in [0.3, 0.4) is 0 Å². The van der Waals surface area contributed by atoms with Gasteiger partial charge < -0.3 is 20.5 Å². The van der Waals surface area contributed by atoms with Gasteiger partial charge in [-0.3, -0.25) is 0 Å². The molecule has 114 valence electrons. The van der Waals surface area contributed by atoms with E-state index in [4.69, 9.17) is 4.74 Å². The summed E-state index contributed by atoms with van der Waals surface area (Å²) in [5.41, 5.74) is 1.22. The van der Waals surface area contributed by atoms with Gasteiger partial charge in [0.2, 0.25) is 0 Å². The lowest BCUT2D eigenvalue weighted by Gasteiger charge is -2.14. The van der Waals surface area contributed by atoms with E-state index in [1.807, 2.05) is 12.1 Å². The van der Waals surface area contributed by atoms with Gasteiger partial charge in [0, 0.05) is 32.1 Å². The number of aliphatic hydroxyl groups excluding tert-OH is 1. The van der Waals surface area contributed by atoms with Crippen LogP contribution < -0.4 is 15.4 Å². The van der Waals surface area contributed by atoms with Gasteiger partial charge in [-0.05, 0) is 24.1 Å². The van der Waals surface area contributed by atoms with E-state index < -0.39 is 0 Å². The van der Waals surface area contributed by atoms with Crippen molar-refractivity contribution in [2.75, 3.05) is 26.2 Å². The second kappa shape index (κ2) is 9.19. The minimum absolute atomic E-state index is 0. The van der Waals surface area contributed by atoms with Crippen LogP contribution in [0.1, 0.15) is 18.9 Å². The summed E-state index contributed by atoms with van der Waals surface area (Å²) in [6.07, 6.45) is 0.807. The van der Waals surface area contributed by atoms with Gasteiger partial charge >= 0.3 is 0 Å². The lowest BCUT2D eigenvalue weighted by Crippen LogP contribution is -2.30. The summed E-state index contributed by atoms with van der Waals surface area (Å²) in [6, 6.07) is 8.18. The molecule has 1 heterocycles. The zero-order valence-corrected chi connectivity index (χ0v) is 12.8. The van der Waals surface area contributed by atoms with Crippen molar-refractivity contribution in [3.8, 4) is 5.75 Å². The van der Waals surface area contributed by atoms with Gasteiger partial charge in [-0.1, -0.05) is 19.1 Å². The molecule has 0 saturated carbocycles. The number of nitrogens with one attached hydrogen (secondary N) is 2. The summed E-state index contributed by atoms with van der Waals surface area (Å²) in [6.45, 7) is 6.13. The quantitative estimate of drug-likeness (QED) is 0.715. The Labute approximate surface area is 127 Å². The Balaban J connectivity index is 0.00000200. The molecule has 3 N–H and O–H groups in total. The van der Waals surface area contributed by atoms with Crippen LogP contribution in [0, 0.1) is 5.92 Å². The van der Waals surface area contributed by atoms with E-state index in [1.54, 1.807) is 0 Å². The van der Waals surface area contributed by atoms with Crippen molar-refractivity contribution in [1.29, 1.82) is 0 Å². The molecule has 1 aliphatic heterocycles. The molecule has 0 aliphatic carbocycles. The fourth-order valence-corrected chi connectivity index (χ4v) is 2.29. The minimum Gasteiger partial charge on any atom is -0.494 e. The van der Waals surface area contributed by atoms with E-state index in [-0.39, 0.29) is 18.5 Å². The van der Waals surface area contributed by atoms with Crippen LogP contribution >= 0.6 is 12.4 Å². The number of hydrogen-bond acceptors (Lipinski definition) is 4. The molecule has 0 radical (unpaired) electrons. The first-order valence-corrected chi connectivity index (χ1v) is 7.11. The molecule has 0 bridgehead atoms. The monoisotopic (exact) mass is 300 g/mol. The molecule has 0 spiro atoms. The van der Waals surface area contributed by atoms with Crippen molar-refractivity contribution in [3.63, 3.8) is 0 Å². The molecule has 2 atom stereocenters. The molecular formula is C15H25ClN2O2. The minimum atomic E-state index is -0.216. The molecule has 1 aromatic rings. The molecule has 2 unspecified atom stereocenters. The van der Waals surface area contributed by atoms with Gasteiger partial charge in [-0.2, -0.15) is 0 Å². The third-order valence-electron chi connectivity index (χ3n) is 3.41. The number of halogens is 1. The predicted octanol–water partition coefficient (Wildman–Crippen LogP) is 1.57. The highest BCUT2D eigenvalue weighted by molar-refractivity contribution is 5.85. The van der Waals surface area contributed by atoms with Crippen LogP contribution in [-0.4, -0.2) is 37.5 Å². The number of aliphatic hydroxyl groups is 1. The normalized spacial score (nSPS) is 21.5. The maximum Gasteiger partial charge on any atom is 0.119 e. The van der Waals surface area contributed by atoms with Crippen LogP contribution in [0.2, 0.25) is 0 Å². The number of ether oxygens (including phenoxy) is 1. The van der Waals surface area contributed by atoms with Crippen molar-refractivity contribution in [2.24, 2.45) is 5.92 Å². The molecule has 5 heteroatoms. The SMILES string of the molecule is CCCOc1cccc(CNCC2CNCC2O)c1.Cl. The van der Waals surface area contributed by atoms with Crippen molar-refractivity contribution in [1.82, 2.24) is 10.6 Å². The summed E-state index contributed by atoms with van der Waals surface area (Å²) in [7, 11) is 0. The molecule has 1 saturated heterocycles. The van der Waals surface area contributed by atoms with E-state index >= 15 is 0 Å². The van der Waals surface area contributed by atoms with Gasteiger partial charge in [-0.25, -0.2) is 0 Å². The van der Waals surface area contributed by atoms with Crippen molar-refractivity contribution < 1.29 is 9.84 Å². The Morgan fingerprint density at radius 3 is 2.95 bits per heavy atom. The highest BCUT2D eigenvalue weighted by Crippen LogP contribution is 2.14. The Kier molecular flexibility index (Phi) is 7.92. The molecular weight excluding hydrogens is 276 g/mol. The predicted molar refractivity (Wildman–Crippen MR) is 83.5 cm³/mol. The van der Waals surface area contributed by atoms with Crippen molar-refractivity contribution >= 4 is 12.4 Å². The smallest absolute Gasteiger partial charge is 0.119 e. The number of benzene rings is 1. The third kappa shape index (κ3) is 5.29. The average molecular weight is 301 g/mol. The lowest BCUT2D eigenvalue weighted by molar-refractivity contribution is 0.146. The van der Waals surface area contributed by atoms with E-state index in [0.717, 1.165) is 38.4 Å². The van der Waals surface area contributed by atoms with Crippen LogP contribution in [0.15, 0.2) is 24.3 Å². The van der Waals surface area contributed by atoms with Crippen LogP contribution in [0.25, 0.3) is 0 Å². The zero-order chi connectivity index (χ0) is 13.5. The summed E-state index contributed by atoms with van der Waals surface area (Å²) >= 11 is 0. The third-order valence-corrected chi connectivity index (χ3v) is 3.41. The Hall–Kier alpha value is -0.810. The molecule has 0 amide bonds. The summed E-state index contributed by atoms with van der Waals surface area (Å²) in [5.74, 6) is 1.25. The molecule has 20 heavy (non-hydrogen) atoms. The molecule has 0 aromatic heterocycles. The maximum absolute atomic E-state index is 9.70. The van der Waals surface area contributed by atoms with Gasteiger partial charge in [-0.15, -0.1) is 12.4 Å². The molecule has 4 nitrogen and oxygen atoms in total. The highest BCUT2D eigenvalue weighted by atomic mass is 35.5. The fraction of sp³-hybridized carbons (Fsp3) is 0.600. The van der Waals surface area contributed by atoms with E-state index in [2.05, 4.69) is 29.7 Å². The fourth-order valence-electron chi connectivity index (χ4n) is 2.29. The van der Waals surface area contributed by atoms with Crippen molar-refractivity contribution in [3.05, 3.63) is 29.8 Å². The van der Waals surface area contributed by atoms with Gasteiger partial charge in [0.05, 0.1) is 12.7 Å². The van der Waals surface area contributed by atoms with Crippen LogP contribution in [0.5, 0.6) is 5.75 Å². The first-order chi connectivity index (χ1) is 9.29. The second-order valence-electron chi connectivity index (χ2n) is 5.11. The molecule has 1 aromatic carbocycles. The summed E-state index contributed by atoms with van der Waals surface area (Å²) in [4.78, 5) is 0. The number of hydrogen-bond donors (Lipinski definition) is 3. The topological polar surface area (TPSA) is 53.5 Å². The summed E-state index contributed by atoms with van der Waals surface area (Å²) < 4.78 is 5.61. The average Bonchev–Trinajstić information content (AvgIpc) is 2.83. The van der Waals surface area contributed by atoms with Gasteiger partial charge in [0.1, 0.15) is 5.75 Å². The molecule has 1 fully saturated rings. The van der Waals surface area contributed by atoms with Gasteiger partial charge in [0.15, 0.2) is 0 Å². The number of β-amino-alcohol motifs (C(OH)–C–C–N with tert-alkyl or cyclic N) is 1. The Morgan fingerprint density at radius 2 is 2.25 bits per heavy atom. The van der Waals surface area contributed by atoms with Crippen LogP contribution in [-0.2, 0) is 6.54 Å². The molecule has 2 rings (SSSR count). The Bertz CT molecular complexity index is 390. The number of rotatable bonds is 7. The summed E-state index contributed by atoms with van der Waals surface area (Å²) in [5, 5.41) is 16.3. The van der Waals surface area contributed by atoms with E-state index in [0.29, 0.717) is 12.5 Å². The first-order valence-electron chi connectivity index (χ1n) is 7.11.